The summed E-state index contributed by atoms with van der Waals surface area (Å²) in [5, 5.41) is 13.3. The number of hydrogen-bond acceptors (Lipinski definition) is 6. The number of non-ortho nitro benzene ring substituents is 1. The number of esters is 1. The molecule has 0 fully saturated rings. The van der Waals surface area contributed by atoms with Gasteiger partial charge in [0.2, 0.25) is 0 Å². The van der Waals surface area contributed by atoms with Crippen LogP contribution in [0.4, 0.5) is 11.4 Å². The highest BCUT2D eigenvalue weighted by Crippen LogP contribution is 2.15. The topological polar surface area (TPSA) is 116 Å². The van der Waals surface area contributed by atoms with Gasteiger partial charge in [0.1, 0.15) is 0 Å². The molecule has 0 unspecified atom stereocenters. The number of hydrogen-bond donors (Lipinski definition) is 1. The Hall–Kier alpha value is -3.81. The maximum Gasteiger partial charge on any atom is 0.331 e. The van der Waals surface area contributed by atoms with Crippen LogP contribution in [-0.2, 0) is 14.3 Å². The molecule has 8 nitrogen and oxygen atoms in total. The molecule has 8 heteroatoms. The molecule has 0 aliphatic rings. The molecular formula is C20H18N2O6. The zero-order valence-corrected chi connectivity index (χ0v) is 15.2. The Morgan fingerprint density at radius 1 is 1.14 bits per heavy atom. The minimum absolute atomic E-state index is 0.101. The maximum absolute atomic E-state index is 12.2. The summed E-state index contributed by atoms with van der Waals surface area (Å²) in [6.07, 6.45) is 1.36. The van der Waals surface area contributed by atoms with Crippen molar-refractivity contribution in [2.75, 3.05) is 5.32 Å². The van der Waals surface area contributed by atoms with Gasteiger partial charge < -0.3 is 10.1 Å². The molecule has 0 aromatic heterocycles. The van der Waals surface area contributed by atoms with Crippen molar-refractivity contribution in [1.29, 1.82) is 0 Å². The first-order chi connectivity index (χ1) is 13.3. The van der Waals surface area contributed by atoms with Crippen LogP contribution >= 0.6 is 0 Å². The number of nitrogens with zero attached hydrogens (tertiary/aromatic N) is 1. The van der Waals surface area contributed by atoms with Crippen molar-refractivity contribution in [3.63, 3.8) is 0 Å². The van der Waals surface area contributed by atoms with E-state index in [1.54, 1.807) is 24.3 Å². The Balaban J connectivity index is 1.95. The van der Waals surface area contributed by atoms with Crippen molar-refractivity contribution >= 4 is 35.1 Å². The summed E-state index contributed by atoms with van der Waals surface area (Å²) in [6.45, 7) is 2.82. The van der Waals surface area contributed by atoms with E-state index in [0.717, 1.165) is 6.08 Å². The number of Topliss-reactive ketones (excluding diaryl/α,β-unsaturated/α-hetero) is 1. The number of nitro benzene ring substituents is 1. The van der Waals surface area contributed by atoms with Gasteiger partial charge in [-0.2, -0.15) is 0 Å². The van der Waals surface area contributed by atoms with Crippen LogP contribution < -0.4 is 5.32 Å². The van der Waals surface area contributed by atoms with Gasteiger partial charge in [0.05, 0.1) is 4.92 Å². The Morgan fingerprint density at radius 2 is 1.86 bits per heavy atom. The number of nitro groups is 1. The fraction of sp³-hybridized carbons (Fsp3) is 0.150. The van der Waals surface area contributed by atoms with E-state index in [4.69, 9.17) is 4.74 Å². The van der Waals surface area contributed by atoms with Crippen LogP contribution in [-0.4, -0.2) is 28.7 Å². The molecule has 0 spiro atoms. The quantitative estimate of drug-likeness (QED) is 0.258. The zero-order valence-electron chi connectivity index (χ0n) is 15.2. The van der Waals surface area contributed by atoms with Crippen molar-refractivity contribution in [1.82, 2.24) is 0 Å². The number of amides is 1. The summed E-state index contributed by atoms with van der Waals surface area (Å²) in [5.41, 5.74) is 1.20. The van der Waals surface area contributed by atoms with Gasteiger partial charge in [-0.15, -0.1) is 0 Å². The number of benzene rings is 2. The molecule has 2 aromatic rings. The van der Waals surface area contributed by atoms with Crippen molar-refractivity contribution < 1.29 is 24.0 Å². The van der Waals surface area contributed by atoms with Gasteiger partial charge in [0, 0.05) is 29.5 Å². The van der Waals surface area contributed by atoms with Gasteiger partial charge in [0.15, 0.2) is 11.9 Å². The van der Waals surface area contributed by atoms with E-state index in [-0.39, 0.29) is 11.5 Å². The van der Waals surface area contributed by atoms with E-state index in [0.29, 0.717) is 16.8 Å². The molecule has 0 saturated carbocycles. The van der Waals surface area contributed by atoms with E-state index >= 15 is 0 Å². The Labute approximate surface area is 161 Å². The first-order valence-electron chi connectivity index (χ1n) is 8.31. The molecule has 2 rings (SSSR count). The Morgan fingerprint density at radius 3 is 2.54 bits per heavy atom. The third-order valence-electron chi connectivity index (χ3n) is 3.69. The monoisotopic (exact) mass is 382 g/mol. The number of nitrogens with one attached hydrogen (secondary N) is 1. The van der Waals surface area contributed by atoms with Gasteiger partial charge in [-0.3, -0.25) is 19.7 Å². The van der Waals surface area contributed by atoms with Crippen molar-refractivity contribution in [3.8, 4) is 0 Å². The van der Waals surface area contributed by atoms with Crippen LogP contribution in [0.5, 0.6) is 0 Å². The van der Waals surface area contributed by atoms with Gasteiger partial charge >= 0.3 is 5.97 Å². The predicted molar refractivity (Wildman–Crippen MR) is 103 cm³/mol. The first kappa shape index (κ1) is 20.5. The molecule has 0 bridgehead atoms. The molecule has 0 saturated heterocycles. The third-order valence-corrected chi connectivity index (χ3v) is 3.69. The summed E-state index contributed by atoms with van der Waals surface area (Å²) in [5.74, 6) is -1.47. The second kappa shape index (κ2) is 9.22. The number of ketones is 1. The second-order valence-corrected chi connectivity index (χ2v) is 5.89. The van der Waals surface area contributed by atoms with E-state index in [1.165, 1.54) is 44.2 Å². The number of carbonyl (C=O) groups is 3. The molecule has 28 heavy (non-hydrogen) atoms. The lowest BCUT2D eigenvalue weighted by molar-refractivity contribution is -0.384. The molecule has 0 aliphatic heterocycles. The minimum Gasteiger partial charge on any atom is -0.449 e. The highest BCUT2D eigenvalue weighted by Gasteiger charge is 2.17. The number of anilines is 1. The standard InChI is InChI=1S/C20H18N2O6/c1-13(23)16-6-4-7-17(12-16)21-20(25)14(2)28-19(24)10-9-15-5-3-8-18(11-15)22(26)27/h3-12,14H,1-2H3,(H,21,25)/b10-9+/t14-/m1/s1. The summed E-state index contributed by atoms with van der Waals surface area (Å²) in [4.78, 5) is 45.6. The number of carbonyl (C=O) groups excluding carboxylic acids is 3. The SMILES string of the molecule is CC(=O)c1cccc(NC(=O)[C@@H](C)OC(=O)/C=C/c2cccc([N+](=O)[O-])c2)c1. The van der Waals surface area contributed by atoms with Crippen LogP contribution in [0.3, 0.4) is 0 Å². The molecule has 2 aromatic carbocycles. The molecular weight excluding hydrogens is 364 g/mol. The van der Waals surface area contributed by atoms with E-state index in [2.05, 4.69) is 5.32 Å². The number of rotatable bonds is 7. The van der Waals surface area contributed by atoms with Crippen molar-refractivity contribution in [2.24, 2.45) is 0 Å². The van der Waals surface area contributed by atoms with Gasteiger partial charge in [-0.1, -0.05) is 24.3 Å². The van der Waals surface area contributed by atoms with Crippen LogP contribution in [0, 0.1) is 10.1 Å². The zero-order chi connectivity index (χ0) is 20.7. The molecule has 0 aliphatic carbocycles. The summed E-state index contributed by atoms with van der Waals surface area (Å²) >= 11 is 0. The van der Waals surface area contributed by atoms with Gasteiger partial charge in [-0.05, 0) is 37.6 Å². The van der Waals surface area contributed by atoms with Gasteiger partial charge in [-0.25, -0.2) is 4.79 Å². The second-order valence-electron chi connectivity index (χ2n) is 5.89. The third kappa shape index (κ3) is 5.87. The van der Waals surface area contributed by atoms with Crippen LogP contribution in [0.1, 0.15) is 29.8 Å². The lowest BCUT2D eigenvalue weighted by Gasteiger charge is -2.12. The lowest BCUT2D eigenvalue weighted by Crippen LogP contribution is -2.29. The highest BCUT2D eigenvalue weighted by molar-refractivity contribution is 5.99. The van der Waals surface area contributed by atoms with E-state index in [9.17, 15) is 24.5 Å². The van der Waals surface area contributed by atoms with Crippen LogP contribution in [0.15, 0.2) is 54.6 Å². The molecule has 0 radical (unpaired) electrons. The minimum atomic E-state index is -1.08. The molecule has 144 valence electrons. The van der Waals surface area contributed by atoms with Crippen LogP contribution in [0.2, 0.25) is 0 Å². The van der Waals surface area contributed by atoms with Crippen molar-refractivity contribution in [3.05, 3.63) is 75.8 Å². The summed E-state index contributed by atoms with van der Waals surface area (Å²) in [6, 6.07) is 12.1. The largest absolute Gasteiger partial charge is 0.449 e. The average molecular weight is 382 g/mol. The highest BCUT2D eigenvalue weighted by atomic mass is 16.6. The smallest absolute Gasteiger partial charge is 0.331 e. The Kier molecular flexibility index (Phi) is 6.75. The first-order valence-corrected chi connectivity index (χ1v) is 8.31. The molecule has 0 heterocycles. The van der Waals surface area contributed by atoms with E-state index < -0.39 is 22.9 Å². The normalized spacial score (nSPS) is 11.6. The fourth-order valence-corrected chi connectivity index (χ4v) is 2.23. The summed E-state index contributed by atoms with van der Waals surface area (Å²) < 4.78 is 5.02. The molecule has 1 N–H and O–H groups in total. The Bertz CT molecular complexity index is 951. The summed E-state index contributed by atoms with van der Waals surface area (Å²) in [7, 11) is 0. The number of ether oxygens (including phenoxy) is 1. The maximum atomic E-state index is 12.2. The lowest BCUT2D eigenvalue weighted by atomic mass is 10.1. The average Bonchev–Trinajstić information content (AvgIpc) is 2.66. The molecule has 1 amide bonds. The van der Waals surface area contributed by atoms with Crippen molar-refractivity contribution in [2.45, 2.75) is 20.0 Å². The molecule has 1 atom stereocenters. The van der Waals surface area contributed by atoms with Crippen LogP contribution in [0.25, 0.3) is 6.08 Å². The fourth-order valence-electron chi connectivity index (χ4n) is 2.23. The van der Waals surface area contributed by atoms with E-state index in [1.807, 2.05) is 0 Å². The predicted octanol–water partition coefficient (Wildman–Crippen LogP) is 3.38. The van der Waals surface area contributed by atoms with Gasteiger partial charge in [0.25, 0.3) is 11.6 Å².